The van der Waals surface area contributed by atoms with E-state index in [0.717, 1.165) is 18.4 Å². The van der Waals surface area contributed by atoms with Gasteiger partial charge in [-0.25, -0.2) is 0 Å². The molecule has 1 aromatic heterocycles. The van der Waals surface area contributed by atoms with Crippen LogP contribution < -0.4 is 5.32 Å². The molecule has 2 aliphatic heterocycles. The number of fused-ring (bicyclic) bond motifs is 2. The molecule has 5 rings (SSSR count). The second-order valence-electron chi connectivity index (χ2n) is 7.30. The van der Waals surface area contributed by atoms with Crippen molar-refractivity contribution in [3.05, 3.63) is 60.1 Å². The molecule has 1 saturated heterocycles. The number of benzene rings is 1. The van der Waals surface area contributed by atoms with Crippen LogP contribution in [0, 0.1) is 11.8 Å². The molecule has 1 spiro atoms. The summed E-state index contributed by atoms with van der Waals surface area (Å²) in [5.41, 5.74) is 0.177. The van der Waals surface area contributed by atoms with Gasteiger partial charge >= 0.3 is 0 Å². The summed E-state index contributed by atoms with van der Waals surface area (Å²) >= 11 is 0. The standard InChI is InChI=1S/C20H19N3O3/c24-18(16-7-4-10-26-16)23-11-14-8-9-20(15(14)12-23)19(25)21-17(22-20)13-5-2-1-3-6-13/h1-7,10,14-15H,8-9,11-12H2,(H,21,22,25)/t14-,15+,20-/m1/s1. The highest BCUT2D eigenvalue weighted by molar-refractivity contribution is 6.15. The molecule has 3 atom stereocenters. The smallest absolute Gasteiger partial charge is 0.289 e. The van der Waals surface area contributed by atoms with Gasteiger partial charge in [-0.05, 0) is 30.9 Å². The van der Waals surface area contributed by atoms with E-state index in [1.54, 1.807) is 17.0 Å². The lowest BCUT2D eigenvalue weighted by Crippen LogP contribution is -2.45. The van der Waals surface area contributed by atoms with E-state index in [4.69, 9.17) is 9.41 Å². The summed E-state index contributed by atoms with van der Waals surface area (Å²) in [5, 5.41) is 2.98. The lowest BCUT2D eigenvalue weighted by Gasteiger charge is -2.25. The van der Waals surface area contributed by atoms with Crippen LogP contribution in [0.25, 0.3) is 0 Å². The van der Waals surface area contributed by atoms with E-state index < -0.39 is 5.54 Å². The summed E-state index contributed by atoms with van der Waals surface area (Å²) in [6.07, 6.45) is 3.16. The molecule has 2 aromatic rings. The Morgan fingerprint density at radius 3 is 2.81 bits per heavy atom. The number of likely N-dealkylation sites (tertiary alicyclic amines) is 1. The molecule has 0 radical (unpaired) electrons. The van der Waals surface area contributed by atoms with Crippen LogP contribution in [0.3, 0.4) is 0 Å². The molecular weight excluding hydrogens is 330 g/mol. The molecule has 1 saturated carbocycles. The molecular formula is C20H19N3O3. The minimum Gasteiger partial charge on any atom is -0.459 e. The maximum atomic E-state index is 12.9. The van der Waals surface area contributed by atoms with Crippen LogP contribution in [0.2, 0.25) is 0 Å². The molecule has 3 aliphatic rings. The Morgan fingerprint density at radius 1 is 1.19 bits per heavy atom. The lowest BCUT2D eigenvalue weighted by atomic mass is 9.85. The fourth-order valence-corrected chi connectivity index (χ4v) is 4.66. The molecule has 3 heterocycles. The van der Waals surface area contributed by atoms with Crippen LogP contribution in [0.15, 0.2) is 58.1 Å². The number of carbonyl (C=O) groups is 2. The first-order chi connectivity index (χ1) is 12.7. The van der Waals surface area contributed by atoms with E-state index in [1.165, 1.54) is 6.26 Å². The average Bonchev–Trinajstić information content (AvgIpc) is 3.42. The van der Waals surface area contributed by atoms with Crippen LogP contribution in [0.1, 0.15) is 29.0 Å². The maximum Gasteiger partial charge on any atom is 0.289 e. The summed E-state index contributed by atoms with van der Waals surface area (Å²) in [4.78, 5) is 32.2. The zero-order valence-electron chi connectivity index (χ0n) is 14.2. The number of aliphatic imine (C=N–C) groups is 1. The van der Waals surface area contributed by atoms with Crippen molar-refractivity contribution in [2.45, 2.75) is 18.4 Å². The van der Waals surface area contributed by atoms with Gasteiger partial charge in [-0.1, -0.05) is 30.3 Å². The van der Waals surface area contributed by atoms with Gasteiger partial charge in [0.15, 0.2) is 5.76 Å². The fraction of sp³-hybridized carbons (Fsp3) is 0.350. The van der Waals surface area contributed by atoms with Crippen molar-refractivity contribution in [3.8, 4) is 0 Å². The van der Waals surface area contributed by atoms with E-state index in [9.17, 15) is 9.59 Å². The Labute approximate surface area is 150 Å². The van der Waals surface area contributed by atoms with Crippen molar-refractivity contribution in [1.82, 2.24) is 10.2 Å². The molecule has 1 aromatic carbocycles. The summed E-state index contributed by atoms with van der Waals surface area (Å²) < 4.78 is 5.24. The Kier molecular flexibility index (Phi) is 3.29. The molecule has 1 aliphatic carbocycles. The normalized spacial score (nSPS) is 29.8. The minimum absolute atomic E-state index is 0.0313. The van der Waals surface area contributed by atoms with Gasteiger partial charge in [0.2, 0.25) is 0 Å². The fourth-order valence-electron chi connectivity index (χ4n) is 4.66. The van der Waals surface area contributed by atoms with Crippen molar-refractivity contribution in [3.63, 3.8) is 0 Å². The van der Waals surface area contributed by atoms with Gasteiger partial charge in [-0.3, -0.25) is 14.6 Å². The van der Waals surface area contributed by atoms with Gasteiger partial charge in [0, 0.05) is 24.6 Å². The summed E-state index contributed by atoms with van der Waals surface area (Å²) in [5.74, 6) is 1.22. The van der Waals surface area contributed by atoms with Gasteiger partial charge < -0.3 is 14.6 Å². The van der Waals surface area contributed by atoms with E-state index in [0.29, 0.717) is 30.6 Å². The first-order valence-electron chi connectivity index (χ1n) is 8.97. The highest BCUT2D eigenvalue weighted by atomic mass is 16.3. The molecule has 0 unspecified atom stereocenters. The number of nitrogens with zero attached hydrogens (tertiary/aromatic N) is 2. The first-order valence-corrected chi connectivity index (χ1v) is 8.97. The third-order valence-corrected chi connectivity index (χ3v) is 5.95. The van der Waals surface area contributed by atoms with Crippen LogP contribution in [-0.4, -0.2) is 41.2 Å². The van der Waals surface area contributed by atoms with Crippen LogP contribution in [-0.2, 0) is 4.79 Å². The molecule has 6 heteroatoms. The van der Waals surface area contributed by atoms with Crippen molar-refractivity contribution in [2.75, 3.05) is 13.1 Å². The number of nitrogens with one attached hydrogen (secondary N) is 1. The topological polar surface area (TPSA) is 74.9 Å². The lowest BCUT2D eigenvalue weighted by molar-refractivity contribution is -0.124. The minimum atomic E-state index is -0.742. The van der Waals surface area contributed by atoms with Crippen molar-refractivity contribution in [2.24, 2.45) is 16.8 Å². The maximum absolute atomic E-state index is 12.9. The number of hydrogen-bond donors (Lipinski definition) is 1. The Hall–Kier alpha value is -2.89. The predicted molar refractivity (Wildman–Crippen MR) is 94.7 cm³/mol. The van der Waals surface area contributed by atoms with E-state index in [1.807, 2.05) is 30.3 Å². The zero-order chi connectivity index (χ0) is 17.7. The number of rotatable bonds is 2. The van der Waals surface area contributed by atoms with Gasteiger partial charge in [-0.15, -0.1) is 0 Å². The van der Waals surface area contributed by atoms with Crippen molar-refractivity contribution >= 4 is 17.6 Å². The summed E-state index contributed by atoms with van der Waals surface area (Å²) in [7, 11) is 0. The van der Waals surface area contributed by atoms with Gasteiger partial charge in [-0.2, -0.15) is 0 Å². The Morgan fingerprint density at radius 2 is 2.04 bits per heavy atom. The summed E-state index contributed by atoms with van der Waals surface area (Å²) in [6, 6.07) is 13.1. The largest absolute Gasteiger partial charge is 0.459 e. The quantitative estimate of drug-likeness (QED) is 0.902. The molecule has 2 fully saturated rings. The zero-order valence-corrected chi connectivity index (χ0v) is 14.2. The molecule has 1 N–H and O–H groups in total. The number of amidine groups is 1. The molecule has 0 bridgehead atoms. The Balaban J connectivity index is 1.43. The average molecular weight is 349 g/mol. The third kappa shape index (κ3) is 2.14. The number of carbonyl (C=O) groups excluding carboxylic acids is 2. The van der Waals surface area contributed by atoms with Gasteiger partial charge in [0.25, 0.3) is 11.8 Å². The number of hydrogen-bond acceptors (Lipinski definition) is 4. The Bertz CT molecular complexity index is 890. The number of furan rings is 1. The van der Waals surface area contributed by atoms with Crippen LogP contribution in [0.4, 0.5) is 0 Å². The van der Waals surface area contributed by atoms with Gasteiger partial charge in [0.05, 0.1) is 6.26 Å². The molecule has 6 nitrogen and oxygen atoms in total. The second kappa shape index (κ2) is 5.56. The van der Waals surface area contributed by atoms with E-state index in [2.05, 4.69) is 5.32 Å². The highest BCUT2D eigenvalue weighted by Gasteiger charge is 2.59. The first kappa shape index (κ1) is 15.4. The van der Waals surface area contributed by atoms with Gasteiger partial charge in [0.1, 0.15) is 11.4 Å². The molecule has 26 heavy (non-hydrogen) atoms. The molecule has 132 valence electrons. The van der Waals surface area contributed by atoms with Crippen molar-refractivity contribution in [1.29, 1.82) is 0 Å². The van der Waals surface area contributed by atoms with E-state index in [-0.39, 0.29) is 17.7 Å². The van der Waals surface area contributed by atoms with Crippen LogP contribution >= 0.6 is 0 Å². The highest BCUT2D eigenvalue weighted by Crippen LogP contribution is 2.49. The predicted octanol–water partition coefficient (Wildman–Crippen LogP) is 2.08. The SMILES string of the molecule is O=C(c1ccco1)N1C[C@H]2CC[C@@]3(N=C(c4ccccc4)NC3=O)[C@H]2C1. The van der Waals surface area contributed by atoms with Crippen molar-refractivity contribution < 1.29 is 14.0 Å². The third-order valence-electron chi connectivity index (χ3n) is 5.95. The molecule has 2 amide bonds. The number of amides is 2. The summed E-state index contributed by atoms with van der Waals surface area (Å²) in [6.45, 7) is 1.21. The second-order valence-corrected chi connectivity index (χ2v) is 7.30. The van der Waals surface area contributed by atoms with E-state index >= 15 is 0 Å². The monoisotopic (exact) mass is 349 g/mol. The van der Waals surface area contributed by atoms with Crippen LogP contribution in [0.5, 0.6) is 0 Å².